The number of nitrogens with one attached hydrogen (secondary N) is 2. The molecule has 0 saturated carbocycles. The maximum absolute atomic E-state index is 11.8. The predicted molar refractivity (Wildman–Crippen MR) is 64.0 cm³/mol. The van der Waals surface area contributed by atoms with E-state index in [1.807, 2.05) is 0 Å². The van der Waals surface area contributed by atoms with E-state index in [0.717, 1.165) is 19.5 Å². The number of azide groups is 1. The van der Waals surface area contributed by atoms with Crippen molar-refractivity contribution in [2.24, 2.45) is 5.11 Å². The molecule has 0 aromatic heterocycles. The van der Waals surface area contributed by atoms with Gasteiger partial charge in [0.2, 0.25) is 0 Å². The zero-order valence-electron chi connectivity index (χ0n) is 9.26. The van der Waals surface area contributed by atoms with Crippen LogP contribution in [0.1, 0.15) is 16.8 Å². The Hall–Kier alpha value is -2.04. The lowest BCUT2D eigenvalue weighted by Gasteiger charge is -2.11. The molecule has 1 amide bonds. The van der Waals surface area contributed by atoms with Gasteiger partial charge in [-0.25, -0.2) is 0 Å². The smallest absolute Gasteiger partial charge is 0.251 e. The molecule has 88 valence electrons. The summed E-state index contributed by atoms with van der Waals surface area (Å²) in [5, 5.41) is 9.58. The average Bonchev–Trinajstić information content (AvgIpc) is 2.83. The third-order valence-corrected chi connectivity index (χ3v) is 2.69. The van der Waals surface area contributed by atoms with Gasteiger partial charge in [-0.15, -0.1) is 0 Å². The van der Waals surface area contributed by atoms with Gasteiger partial charge >= 0.3 is 0 Å². The predicted octanol–water partition coefficient (Wildman–Crippen LogP) is 1.72. The molecule has 0 spiro atoms. The lowest BCUT2D eigenvalue weighted by molar-refractivity contribution is 0.0940. The summed E-state index contributed by atoms with van der Waals surface area (Å²) in [4.78, 5) is 14.5. The minimum atomic E-state index is -0.0915. The fourth-order valence-electron chi connectivity index (χ4n) is 1.78. The van der Waals surface area contributed by atoms with Gasteiger partial charge in [0, 0.05) is 28.7 Å². The summed E-state index contributed by atoms with van der Waals surface area (Å²) in [5.74, 6) is -0.0915. The van der Waals surface area contributed by atoms with Crippen LogP contribution in [0.25, 0.3) is 10.4 Å². The molecule has 1 aromatic rings. The van der Waals surface area contributed by atoms with Crippen molar-refractivity contribution < 1.29 is 4.79 Å². The minimum absolute atomic E-state index is 0.0915. The van der Waals surface area contributed by atoms with Crippen LogP contribution in [0.5, 0.6) is 0 Å². The van der Waals surface area contributed by atoms with E-state index in [4.69, 9.17) is 5.53 Å². The highest BCUT2D eigenvalue weighted by molar-refractivity contribution is 5.94. The van der Waals surface area contributed by atoms with E-state index in [0.29, 0.717) is 11.3 Å². The standard InChI is InChI=1S/C11H13N5O/c12-16-15-9-3-1-8(2-4-9)11(17)14-10-5-6-13-7-10/h1-4,10,13H,5-7H2,(H,14,17). The summed E-state index contributed by atoms with van der Waals surface area (Å²) in [6.45, 7) is 1.77. The van der Waals surface area contributed by atoms with Gasteiger partial charge in [0.15, 0.2) is 0 Å². The van der Waals surface area contributed by atoms with Crippen molar-refractivity contribution >= 4 is 11.6 Å². The molecule has 1 unspecified atom stereocenters. The van der Waals surface area contributed by atoms with E-state index in [9.17, 15) is 4.79 Å². The van der Waals surface area contributed by atoms with Crippen molar-refractivity contribution in [2.75, 3.05) is 13.1 Å². The van der Waals surface area contributed by atoms with Crippen LogP contribution in [0.3, 0.4) is 0 Å². The van der Waals surface area contributed by atoms with Crippen molar-refractivity contribution in [1.29, 1.82) is 0 Å². The summed E-state index contributed by atoms with van der Waals surface area (Å²) < 4.78 is 0. The summed E-state index contributed by atoms with van der Waals surface area (Å²) in [6, 6.07) is 6.77. The minimum Gasteiger partial charge on any atom is -0.348 e. The Morgan fingerprint density at radius 3 is 2.82 bits per heavy atom. The molecule has 2 rings (SSSR count). The Morgan fingerprint density at radius 2 is 2.24 bits per heavy atom. The molecule has 1 heterocycles. The molecule has 1 fully saturated rings. The quantitative estimate of drug-likeness (QED) is 0.471. The van der Waals surface area contributed by atoms with Gasteiger partial charge in [0.05, 0.1) is 0 Å². The Kier molecular flexibility index (Phi) is 3.59. The van der Waals surface area contributed by atoms with Crippen LogP contribution in [0.2, 0.25) is 0 Å². The second-order valence-electron chi connectivity index (χ2n) is 3.90. The number of benzene rings is 1. The van der Waals surface area contributed by atoms with E-state index < -0.39 is 0 Å². The highest BCUT2D eigenvalue weighted by Gasteiger charge is 2.17. The van der Waals surface area contributed by atoms with Gasteiger partial charge in [-0.1, -0.05) is 17.2 Å². The number of carbonyl (C=O) groups excluding carboxylic acids is 1. The lowest BCUT2D eigenvalue weighted by atomic mass is 10.1. The van der Waals surface area contributed by atoms with Crippen molar-refractivity contribution in [3.63, 3.8) is 0 Å². The summed E-state index contributed by atoms with van der Waals surface area (Å²) in [7, 11) is 0. The SMILES string of the molecule is [N-]=[N+]=Nc1ccc(C(=O)NC2CCNC2)cc1. The molecule has 1 atom stereocenters. The van der Waals surface area contributed by atoms with E-state index in [1.54, 1.807) is 24.3 Å². The molecular formula is C11H13N5O. The van der Waals surface area contributed by atoms with Gasteiger partial charge in [0.25, 0.3) is 5.91 Å². The largest absolute Gasteiger partial charge is 0.348 e. The number of rotatable bonds is 3. The van der Waals surface area contributed by atoms with Gasteiger partial charge in [-0.2, -0.15) is 0 Å². The van der Waals surface area contributed by atoms with Gasteiger partial charge < -0.3 is 10.6 Å². The first kappa shape index (κ1) is 11.4. The van der Waals surface area contributed by atoms with E-state index >= 15 is 0 Å². The van der Waals surface area contributed by atoms with E-state index in [2.05, 4.69) is 20.7 Å². The van der Waals surface area contributed by atoms with Gasteiger partial charge in [0.1, 0.15) is 0 Å². The van der Waals surface area contributed by atoms with Crippen LogP contribution in [0, 0.1) is 0 Å². The molecule has 2 N–H and O–H groups in total. The van der Waals surface area contributed by atoms with E-state index in [-0.39, 0.29) is 11.9 Å². The molecule has 1 aliphatic rings. The van der Waals surface area contributed by atoms with Crippen LogP contribution in [0.15, 0.2) is 29.4 Å². The first-order valence-electron chi connectivity index (χ1n) is 5.46. The van der Waals surface area contributed by atoms with Crippen LogP contribution >= 0.6 is 0 Å². The lowest BCUT2D eigenvalue weighted by Crippen LogP contribution is -2.36. The maximum atomic E-state index is 11.8. The van der Waals surface area contributed by atoms with Crippen molar-refractivity contribution in [3.05, 3.63) is 40.3 Å². The molecule has 0 radical (unpaired) electrons. The zero-order valence-corrected chi connectivity index (χ0v) is 9.26. The fourth-order valence-corrected chi connectivity index (χ4v) is 1.78. The molecule has 0 aliphatic carbocycles. The second-order valence-corrected chi connectivity index (χ2v) is 3.90. The van der Waals surface area contributed by atoms with E-state index in [1.165, 1.54) is 0 Å². The monoisotopic (exact) mass is 231 g/mol. The zero-order chi connectivity index (χ0) is 12.1. The Morgan fingerprint density at radius 1 is 1.47 bits per heavy atom. The Balaban J connectivity index is 2.00. The van der Waals surface area contributed by atoms with Gasteiger partial charge in [-0.3, -0.25) is 4.79 Å². The topological polar surface area (TPSA) is 89.9 Å². The molecule has 1 aliphatic heterocycles. The molecular weight excluding hydrogens is 218 g/mol. The number of carbonyl (C=O) groups is 1. The summed E-state index contributed by atoms with van der Waals surface area (Å²) >= 11 is 0. The number of hydrogen-bond donors (Lipinski definition) is 2. The fraction of sp³-hybridized carbons (Fsp3) is 0.364. The maximum Gasteiger partial charge on any atom is 0.251 e. The number of nitrogens with zero attached hydrogens (tertiary/aromatic N) is 3. The summed E-state index contributed by atoms with van der Waals surface area (Å²) in [5.41, 5.74) is 9.34. The van der Waals surface area contributed by atoms with Crippen LogP contribution in [0.4, 0.5) is 5.69 Å². The third-order valence-electron chi connectivity index (χ3n) is 2.69. The molecule has 1 aromatic carbocycles. The normalized spacial score (nSPS) is 18.5. The van der Waals surface area contributed by atoms with Crippen molar-refractivity contribution in [3.8, 4) is 0 Å². The van der Waals surface area contributed by atoms with Crippen LogP contribution in [-0.4, -0.2) is 25.0 Å². The Labute approximate surface area is 98.6 Å². The second kappa shape index (κ2) is 5.34. The van der Waals surface area contributed by atoms with Gasteiger partial charge in [-0.05, 0) is 30.6 Å². The average molecular weight is 231 g/mol. The highest BCUT2D eigenvalue weighted by Crippen LogP contribution is 2.13. The highest BCUT2D eigenvalue weighted by atomic mass is 16.1. The molecule has 6 heteroatoms. The molecule has 1 saturated heterocycles. The third kappa shape index (κ3) is 2.96. The molecule has 17 heavy (non-hydrogen) atoms. The first-order chi connectivity index (χ1) is 8.29. The molecule has 6 nitrogen and oxygen atoms in total. The number of hydrogen-bond acceptors (Lipinski definition) is 3. The van der Waals surface area contributed by atoms with Crippen molar-refractivity contribution in [2.45, 2.75) is 12.5 Å². The summed E-state index contributed by atoms with van der Waals surface area (Å²) in [6.07, 6.45) is 0.961. The Bertz CT molecular complexity index is 443. The molecule has 0 bridgehead atoms. The van der Waals surface area contributed by atoms with Crippen molar-refractivity contribution in [1.82, 2.24) is 10.6 Å². The van der Waals surface area contributed by atoms with Crippen LogP contribution < -0.4 is 10.6 Å². The first-order valence-corrected chi connectivity index (χ1v) is 5.46. The number of amides is 1. The van der Waals surface area contributed by atoms with Crippen LogP contribution in [-0.2, 0) is 0 Å².